The van der Waals surface area contributed by atoms with E-state index in [1.54, 1.807) is 6.26 Å². The van der Waals surface area contributed by atoms with Gasteiger partial charge in [-0.3, -0.25) is 4.90 Å². The molecule has 2 unspecified atom stereocenters. The molecule has 2 heterocycles. The third-order valence-corrected chi connectivity index (χ3v) is 3.70. The molecular formula is C14H24N2O. The van der Waals surface area contributed by atoms with Crippen molar-refractivity contribution in [2.24, 2.45) is 5.92 Å². The monoisotopic (exact) mass is 236 g/mol. The fourth-order valence-electron chi connectivity index (χ4n) is 2.63. The summed E-state index contributed by atoms with van der Waals surface area (Å²) in [6, 6.07) is 4.63. The van der Waals surface area contributed by atoms with Crippen LogP contribution in [-0.4, -0.2) is 37.1 Å². The van der Waals surface area contributed by atoms with Crippen molar-refractivity contribution in [3.8, 4) is 0 Å². The van der Waals surface area contributed by atoms with Crippen LogP contribution in [-0.2, 0) is 6.42 Å². The molecule has 0 aromatic carbocycles. The van der Waals surface area contributed by atoms with E-state index in [0.717, 1.165) is 24.6 Å². The Morgan fingerprint density at radius 2 is 2.47 bits per heavy atom. The van der Waals surface area contributed by atoms with Crippen LogP contribution in [0.5, 0.6) is 0 Å². The molecule has 0 aliphatic carbocycles. The highest BCUT2D eigenvalue weighted by Crippen LogP contribution is 2.20. The van der Waals surface area contributed by atoms with Crippen LogP contribution in [0.15, 0.2) is 22.8 Å². The quantitative estimate of drug-likeness (QED) is 0.820. The predicted molar refractivity (Wildman–Crippen MR) is 70.1 cm³/mol. The summed E-state index contributed by atoms with van der Waals surface area (Å²) in [5.74, 6) is 1.93. The summed E-state index contributed by atoms with van der Waals surface area (Å²) in [7, 11) is 0. The van der Waals surface area contributed by atoms with Gasteiger partial charge in [0, 0.05) is 19.0 Å². The van der Waals surface area contributed by atoms with Gasteiger partial charge in [0.1, 0.15) is 5.76 Å². The minimum Gasteiger partial charge on any atom is -0.469 e. The topological polar surface area (TPSA) is 28.4 Å². The van der Waals surface area contributed by atoms with Gasteiger partial charge in [-0.05, 0) is 51.0 Å². The first-order valence-electron chi connectivity index (χ1n) is 6.76. The second-order valence-electron chi connectivity index (χ2n) is 5.09. The fraction of sp³-hybridized carbons (Fsp3) is 0.714. The molecule has 3 heteroatoms. The first-order chi connectivity index (χ1) is 8.29. The summed E-state index contributed by atoms with van der Waals surface area (Å²) in [6.07, 6.45) is 4.12. The fourth-order valence-corrected chi connectivity index (χ4v) is 2.63. The third-order valence-electron chi connectivity index (χ3n) is 3.70. The van der Waals surface area contributed by atoms with Gasteiger partial charge in [-0.2, -0.15) is 0 Å². The van der Waals surface area contributed by atoms with Crippen molar-refractivity contribution < 1.29 is 4.42 Å². The molecule has 0 amide bonds. The largest absolute Gasteiger partial charge is 0.469 e. The van der Waals surface area contributed by atoms with Gasteiger partial charge in [0.15, 0.2) is 0 Å². The van der Waals surface area contributed by atoms with Gasteiger partial charge in [-0.25, -0.2) is 0 Å². The minimum absolute atomic E-state index is 0.591. The second kappa shape index (κ2) is 6.22. The average molecular weight is 236 g/mol. The van der Waals surface area contributed by atoms with Gasteiger partial charge in [-0.1, -0.05) is 6.92 Å². The van der Waals surface area contributed by atoms with Crippen molar-refractivity contribution in [3.05, 3.63) is 24.2 Å². The van der Waals surface area contributed by atoms with Crippen LogP contribution < -0.4 is 5.32 Å². The molecule has 1 saturated heterocycles. The molecule has 2 atom stereocenters. The molecule has 1 N–H and O–H groups in total. The highest BCUT2D eigenvalue weighted by Gasteiger charge is 2.25. The zero-order valence-electron chi connectivity index (χ0n) is 11.0. The van der Waals surface area contributed by atoms with E-state index in [1.807, 2.05) is 6.07 Å². The standard InChI is InChI=1S/C14H24N2O/c1-3-15-10-13-6-7-16(11-13)12(2)9-14-5-4-8-17-14/h4-5,8,12-13,15H,3,6-7,9-11H2,1-2H3. The lowest BCUT2D eigenvalue weighted by Crippen LogP contribution is -2.33. The molecule has 0 radical (unpaired) electrons. The summed E-state index contributed by atoms with van der Waals surface area (Å²) in [5.41, 5.74) is 0. The summed E-state index contributed by atoms with van der Waals surface area (Å²) < 4.78 is 5.42. The van der Waals surface area contributed by atoms with Crippen LogP contribution in [0.4, 0.5) is 0 Å². The number of nitrogens with zero attached hydrogens (tertiary/aromatic N) is 1. The summed E-state index contributed by atoms with van der Waals surface area (Å²) in [6.45, 7) is 9.19. The van der Waals surface area contributed by atoms with Gasteiger partial charge in [0.2, 0.25) is 0 Å². The molecule has 1 aromatic heterocycles. The number of furan rings is 1. The lowest BCUT2D eigenvalue weighted by molar-refractivity contribution is 0.238. The first kappa shape index (κ1) is 12.7. The molecule has 96 valence electrons. The molecule has 2 rings (SSSR count). The maximum Gasteiger partial charge on any atom is 0.105 e. The van der Waals surface area contributed by atoms with Crippen molar-refractivity contribution in [3.63, 3.8) is 0 Å². The highest BCUT2D eigenvalue weighted by atomic mass is 16.3. The van der Waals surface area contributed by atoms with E-state index in [2.05, 4.69) is 30.1 Å². The van der Waals surface area contributed by atoms with Crippen LogP contribution in [0.3, 0.4) is 0 Å². The smallest absolute Gasteiger partial charge is 0.105 e. The van der Waals surface area contributed by atoms with E-state index in [4.69, 9.17) is 4.42 Å². The Bertz CT molecular complexity index is 310. The van der Waals surface area contributed by atoms with E-state index < -0.39 is 0 Å². The van der Waals surface area contributed by atoms with Crippen LogP contribution in [0.25, 0.3) is 0 Å². The van der Waals surface area contributed by atoms with Crippen LogP contribution in [0.1, 0.15) is 26.0 Å². The van der Waals surface area contributed by atoms with Crippen molar-refractivity contribution in [2.75, 3.05) is 26.2 Å². The molecule has 17 heavy (non-hydrogen) atoms. The lowest BCUT2D eigenvalue weighted by Gasteiger charge is -2.23. The predicted octanol–water partition coefficient (Wildman–Crippen LogP) is 2.14. The molecule has 0 spiro atoms. The lowest BCUT2D eigenvalue weighted by atomic mass is 10.1. The van der Waals surface area contributed by atoms with Gasteiger partial charge in [-0.15, -0.1) is 0 Å². The van der Waals surface area contributed by atoms with Gasteiger partial charge in [0.05, 0.1) is 6.26 Å². The first-order valence-corrected chi connectivity index (χ1v) is 6.76. The maximum atomic E-state index is 5.42. The highest BCUT2D eigenvalue weighted by molar-refractivity contribution is 5.00. The van der Waals surface area contributed by atoms with Crippen LogP contribution in [0, 0.1) is 5.92 Å². The molecule has 3 nitrogen and oxygen atoms in total. The molecule has 1 fully saturated rings. The summed E-state index contributed by atoms with van der Waals surface area (Å²) in [4.78, 5) is 2.59. The van der Waals surface area contributed by atoms with Crippen molar-refractivity contribution in [1.82, 2.24) is 10.2 Å². The Labute approximate surface area is 104 Å². The molecular weight excluding hydrogens is 212 g/mol. The molecule has 1 aromatic rings. The Balaban J connectivity index is 1.75. The number of nitrogens with one attached hydrogen (secondary N) is 1. The molecule has 1 aliphatic rings. The minimum atomic E-state index is 0.591. The van der Waals surface area contributed by atoms with E-state index in [1.165, 1.54) is 26.1 Å². The second-order valence-corrected chi connectivity index (χ2v) is 5.09. The van der Waals surface area contributed by atoms with Gasteiger partial charge in [0.25, 0.3) is 0 Å². The third kappa shape index (κ3) is 3.58. The molecule has 1 aliphatic heterocycles. The van der Waals surface area contributed by atoms with Crippen molar-refractivity contribution in [1.29, 1.82) is 0 Å². The van der Waals surface area contributed by atoms with Crippen molar-refractivity contribution in [2.45, 2.75) is 32.7 Å². The Morgan fingerprint density at radius 1 is 1.59 bits per heavy atom. The number of hydrogen-bond donors (Lipinski definition) is 1. The van der Waals surface area contributed by atoms with Gasteiger partial charge >= 0.3 is 0 Å². The maximum absolute atomic E-state index is 5.42. The summed E-state index contributed by atoms with van der Waals surface area (Å²) in [5, 5.41) is 3.45. The number of likely N-dealkylation sites (tertiary alicyclic amines) is 1. The summed E-state index contributed by atoms with van der Waals surface area (Å²) >= 11 is 0. The molecule has 0 saturated carbocycles. The average Bonchev–Trinajstić information content (AvgIpc) is 2.96. The van der Waals surface area contributed by atoms with E-state index in [0.29, 0.717) is 6.04 Å². The van der Waals surface area contributed by atoms with Crippen LogP contribution in [0.2, 0.25) is 0 Å². The zero-order chi connectivity index (χ0) is 12.1. The Hall–Kier alpha value is -0.800. The van der Waals surface area contributed by atoms with Crippen LogP contribution >= 0.6 is 0 Å². The number of rotatable bonds is 6. The SMILES string of the molecule is CCNCC1CCN(C(C)Cc2ccco2)C1. The van der Waals surface area contributed by atoms with E-state index in [9.17, 15) is 0 Å². The Morgan fingerprint density at radius 3 is 3.18 bits per heavy atom. The molecule has 0 bridgehead atoms. The zero-order valence-corrected chi connectivity index (χ0v) is 11.0. The van der Waals surface area contributed by atoms with Crippen molar-refractivity contribution >= 4 is 0 Å². The van der Waals surface area contributed by atoms with E-state index >= 15 is 0 Å². The van der Waals surface area contributed by atoms with E-state index in [-0.39, 0.29) is 0 Å². The normalized spacial score (nSPS) is 23.1. The van der Waals surface area contributed by atoms with Gasteiger partial charge < -0.3 is 9.73 Å². The number of hydrogen-bond acceptors (Lipinski definition) is 3. The Kier molecular flexibility index (Phi) is 4.63.